The minimum Gasteiger partial charge on any atom is -0.495 e. The Morgan fingerprint density at radius 1 is 1.28 bits per heavy atom. The van der Waals surface area contributed by atoms with Gasteiger partial charge in [0.25, 0.3) is 5.91 Å². The van der Waals surface area contributed by atoms with Gasteiger partial charge in [-0.3, -0.25) is 9.69 Å². The quantitative estimate of drug-likeness (QED) is 0.598. The lowest BCUT2D eigenvalue weighted by molar-refractivity contribution is 0.0459. The number of halogens is 1. The molecule has 0 spiro atoms. The molecule has 7 nitrogen and oxygen atoms in total. The Labute approximate surface area is 192 Å². The molecule has 0 unspecified atom stereocenters. The summed E-state index contributed by atoms with van der Waals surface area (Å²) in [6.07, 6.45) is 3.62. The van der Waals surface area contributed by atoms with Crippen molar-refractivity contribution in [2.24, 2.45) is 0 Å². The summed E-state index contributed by atoms with van der Waals surface area (Å²) in [5, 5.41) is 14.1. The number of aromatic nitrogens is 2. The topological polar surface area (TPSA) is 79.6 Å². The number of methoxy groups -OCH3 is 1. The van der Waals surface area contributed by atoms with Gasteiger partial charge in [0.15, 0.2) is 0 Å². The highest BCUT2D eigenvalue weighted by Gasteiger charge is 2.27. The molecule has 0 bridgehead atoms. The fourth-order valence-electron chi connectivity index (χ4n) is 4.14. The first kappa shape index (κ1) is 22.3. The third-order valence-corrected chi connectivity index (χ3v) is 5.80. The van der Waals surface area contributed by atoms with E-state index < -0.39 is 6.10 Å². The van der Waals surface area contributed by atoms with Crippen molar-refractivity contribution in [1.82, 2.24) is 19.8 Å². The molecule has 1 aromatic heterocycles. The number of carbonyl (C=O) groups excluding carboxylic acids is 1. The minimum absolute atomic E-state index is 0.160. The number of β-amino-alcohol motifs (C(OH)–C–C–N with tert-alkyl or cyclic N) is 1. The Morgan fingerprint density at radius 2 is 2.12 bits per heavy atom. The number of carbonyl (C=O) groups is 1. The zero-order valence-electron chi connectivity index (χ0n) is 18.2. The molecule has 4 rings (SSSR count). The van der Waals surface area contributed by atoms with Gasteiger partial charge in [-0.05, 0) is 49.2 Å². The summed E-state index contributed by atoms with van der Waals surface area (Å²) in [7, 11) is 1.58. The van der Waals surface area contributed by atoms with Gasteiger partial charge >= 0.3 is 0 Å². The van der Waals surface area contributed by atoms with Gasteiger partial charge in [-0.2, -0.15) is 0 Å². The largest absolute Gasteiger partial charge is 0.495 e. The Bertz CT molecular complexity index is 1100. The average Bonchev–Trinajstić information content (AvgIpc) is 3.19. The number of rotatable bonds is 6. The summed E-state index contributed by atoms with van der Waals surface area (Å²) in [5.74, 6) is 0.389. The summed E-state index contributed by atoms with van der Waals surface area (Å²) < 4.78 is 7.37. The summed E-state index contributed by atoms with van der Waals surface area (Å²) in [6, 6.07) is 12.9. The molecule has 0 radical (unpaired) electrons. The van der Waals surface area contributed by atoms with E-state index in [2.05, 4.69) is 15.2 Å². The van der Waals surface area contributed by atoms with Crippen LogP contribution in [0.2, 0.25) is 5.02 Å². The van der Waals surface area contributed by atoms with Crippen LogP contribution in [0.5, 0.6) is 5.75 Å². The van der Waals surface area contributed by atoms with Gasteiger partial charge < -0.3 is 19.7 Å². The molecule has 1 saturated heterocycles. The Kier molecular flexibility index (Phi) is 6.79. The van der Waals surface area contributed by atoms with Crippen LogP contribution in [0.1, 0.15) is 28.0 Å². The van der Waals surface area contributed by atoms with Gasteiger partial charge in [-0.15, -0.1) is 0 Å². The van der Waals surface area contributed by atoms with Gasteiger partial charge in [0.1, 0.15) is 5.75 Å². The van der Waals surface area contributed by atoms with Crippen LogP contribution in [0.4, 0.5) is 0 Å². The maximum Gasteiger partial charge on any atom is 0.251 e. The number of ether oxygens (including phenoxy) is 1. The van der Waals surface area contributed by atoms with Crippen LogP contribution in [0.3, 0.4) is 0 Å². The van der Waals surface area contributed by atoms with Crippen molar-refractivity contribution in [3.63, 3.8) is 0 Å². The Morgan fingerprint density at radius 3 is 2.84 bits per heavy atom. The molecule has 2 aromatic carbocycles. The summed E-state index contributed by atoms with van der Waals surface area (Å²) in [4.78, 5) is 19.3. The van der Waals surface area contributed by atoms with E-state index in [9.17, 15) is 9.90 Å². The van der Waals surface area contributed by atoms with E-state index >= 15 is 0 Å². The number of benzene rings is 2. The van der Waals surface area contributed by atoms with E-state index in [1.54, 1.807) is 25.6 Å². The monoisotopic (exact) mass is 454 g/mol. The molecule has 168 valence electrons. The number of aliphatic hydroxyl groups is 1. The predicted octanol–water partition coefficient (Wildman–Crippen LogP) is 3.21. The molecule has 8 heteroatoms. The standard InChI is InChI=1S/C24H27ClN4O3/c1-16-11-29(15-26-16)22-7-6-18(9-23(22)32-2)24(31)27-20-10-21(30)14-28(13-20)12-17-4-3-5-19(25)8-17/h3-9,11,15,20-21,30H,10,12-14H2,1-2H3,(H,27,31)/t20-,21-/m1/s1. The fraction of sp³-hybridized carbons (Fsp3) is 0.333. The lowest BCUT2D eigenvalue weighted by atomic mass is 10.0. The highest BCUT2D eigenvalue weighted by molar-refractivity contribution is 6.30. The van der Waals surface area contributed by atoms with E-state index in [0.29, 0.717) is 42.4 Å². The molecule has 0 saturated carbocycles. The summed E-state index contributed by atoms with van der Waals surface area (Å²) >= 11 is 6.09. The van der Waals surface area contributed by atoms with Gasteiger partial charge in [-0.25, -0.2) is 4.98 Å². The van der Waals surface area contributed by atoms with Crippen LogP contribution in [-0.4, -0.2) is 57.8 Å². The first-order valence-corrected chi connectivity index (χ1v) is 10.9. The van der Waals surface area contributed by atoms with E-state index in [1.807, 2.05) is 48.0 Å². The smallest absolute Gasteiger partial charge is 0.251 e. The number of hydrogen-bond donors (Lipinski definition) is 2. The number of hydrogen-bond acceptors (Lipinski definition) is 5. The van der Waals surface area contributed by atoms with E-state index in [1.165, 1.54) is 0 Å². The minimum atomic E-state index is -0.505. The van der Waals surface area contributed by atoms with Crippen LogP contribution in [0.25, 0.3) is 5.69 Å². The second kappa shape index (κ2) is 9.73. The molecule has 2 N–H and O–H groups in total. The van der Waals surface area contributed by atoms with E-state index in [-0.39, 0.29) is 11.9 Å². The number of piperidine rings is 1. The number of nitrogens with zero attached hydrogens (tertiary/aromatic N) is 3. The van der Waals surface area contributed by atoms with E-state index in [4.69, 9.17) is 16.3 Å². The second-order valence-electron chi connectivity index (χ2n) is 8.19. The van der Waals surface area contributed by atoms with Gasteiger partial charge in [0, 0.05) is 42.5 Å². The normalized spacial score (nSPS) is 19.0. The lowest BCUT2D eigenvalue weighted by Crippen LogP contribution is -2.52. The van der Waals surface area contributed by atoms with Gasteiger partial charge in [0.05, 0.1) is 30.9 Å². The van der Waals surface area contributed by atoms with Crippen molar-refractivity contribution in [3.05, 3.63) is 76.8 Å². The highest BCUT2D eigenvalue weighted by atomic mass is 35.5. The molecular weight excluding hydrogens is 428 g/mol. The summed E-state index contributed by atoms with van der Waals surface area (Å²) in [5.41, 5.74) is 3.29. The third kappa shape index (κ3) is 5.30. The molecule has 1 fully saturated rings. The third-order valence-electron chi connectivity index (χ3n) is 5.57. The molecule has 1 aliphatic heterocycles. The Balaban J connectivity index is 1.44. The zero-order chi connectivity index (χ0) is 22.7. The van der Waals surface area contributed by atoms with Crippen LogP contribution < -0.4 is 10.1 Å². The van der Waals surface area contributed by atoms with Crippen molar-refractivity contribution in [2.75, 3.05) is 20.2 Å². The zero-order valence-corrected chi connectivity index (χ0v) is 18.9. The van der Waals surface area contributed by atoms with Crippen molar-refractivity contribution < 1.29 is 14.6 Å². The first-order valence-electron chi connectivity index (χ1n) is 10.6. The highest BCUT2D eigenvalue weighted by Crippen LogP contribution is 2.25. The maximum atomic E-state index is 12.9. The molecular formula is C24H27ClN4O3. The molecule has 1 amide bonds. The van der Waals surface area contributed by atoms with Crippen molar-refractivity contribution in [2.45, 2.75) is 32.0 Å². The van der Waals surface area contributed by atoms with Crippen LogP contribution >= 0.6 is 11.6 Å². The van der Waals surface area contributed by atoms with Gasteiger partial charge in [0.2, 0.25) is 0 Å². The number of nitrogens with one attached hydrogen (secondary N) is 1. The second-order valence-corrected chi connectivity index (χ2v) is 8.63. The number of imidazole rings is 1. The molecule has 2 heterocycles. The number of likely N-dealkylation sites (tertiary alicyclic amines) is 1. The van der Waals surface area contributed by atoms with Gasteiger partial charge in [-0.1, -0.05) is 23.7 Å². The van der Waals surface area contributed by atoms with Crippen LogP contribution in [0, 0.1) is 6.92 Å². The predicted molar refractivity (Wildman–Crippen MR) is 123 cm³/mol. The molecule has 1 aliphatic rings. The molecule has 2 atom stereocenters. The average molecular weight is 455 g/mol. The van der Waals surface area contributed by atoms with E-state index in [0.717, 1.165) is 16.9 Å². The number of aliphatic hydroxyl groups excluding tert-OH is 1. The van der Waals surface area contributed by atoms with Crippen molar-refractivity contribution in [1.29, 1.82) is 0 Å². The first-order chi connectivity index (χ1) is 15.4. The maximum absolute atomic E-state index is 12.9. The molecule has 0 aliphatic carbocycles. The summed E-state index contributed by atoms with van der Waals surface area (Å²) in [6.45, 7) is 3.79. The lowest BCUT2D eigenvalue weighted by Gasteiger charge is -2.36. The van der Waals surface area contributed by atoms with Crippen molar-refractivity contribution in [3.8, 4) is 11.4 Å². The number of aryl methyl sites for hydroxylation is 1. The van der Waals surface area contributed by atoms with Crippen LogP contribution in [0.15, 0.2) is 55.0 Å². The molecule has 32 heavy (non-hydrogen) atoms. The SMILES string of the molecule is COc1cc(C(=O)N[C@@H]2C[C@@H](O)CN(Cc3cccc(Cl)c3)C2)ccc1-n1cnc(C)c1. The van der Waals surface area contributed by atoms with Crippen molar-refractivity contribution >= 4 is 17.5 Å². The number of amides is 1. The Hall–Kier alpha value is -2.87. The fourth-order valence-corrected chi connectivity index (χ4v) is 4.36. The van der Waals surface area contributed by atoms with Crippen LogP contribution in [-0.2, 0) is 6.54 Å². The molecule has 3 aromatic rings.